The van der Waals surface area contributed by atoms with Crippen molar-refractivity contribution in [2.24, 2.45) is 5.41 Å². The number of hydrogen-bond donors (Lipinski definition) is 1. The smallest absolute Gasteiger partial charge is 0.223 e. The molecule has 2 aliphatic rings. The molecule has 2 bridgehead atoms. The molecule has 2 aromatic rings. The molecule has 1 aromatic carbocycles. The van der Waals surface area contributed by atoms with Crippen LogP contribution in [-0.4, -0.2) is 39.6 Å². The number of benzene rings is 1. The van der Waals surface area contributed by atoms with Crippen LogP contribution in [0.5, 0.6) is 0 Å². The van der Waals surface area contributed by atoms with E-state index in [1.807, 2.05) is 25.1 Å². The topological polar surface area (TPSA) is 53.4 Å². The lowest BCUT2D eigenvalue weighted by atomic mass is 9.70. The lowest BCUT2D eigenvalue weighted by Gasteiger charge is -2.36. The summed E-state index contributed by atoms with van der Waals surface area (Å²) in [5, 5.41) is 13.4. The van der Waals surface area contributed by atoms with Gasteiger partial charge in [-0.15, -0.1) is 11.3 Å². The van der Waals surface area contributed by atoms with E-state index in [1.54, 1.807) is 11.3 Å². The van der Waals surface area contributed by atoms with Crippen LogP contribution in [0.2, 0.25) is 0 Å². The Balaban J connectivity index is 1.47. The van der Waals surface area contributed by atoms with Crippen LogP contribution in [0.3, 0.4) is 0 Å². The zero-order valence-electron chi connectivity index (χ0n) is 15.2. The summed E-state index contributed by atoms with van der Waals surface area (Å²) in [7, 11) is 0. The maximum atomic E-state index is 13.0. The summed E-state index contributed by atoms with van der Waals surface area (Å²) in [5.74, 6) is 0.228. The minimum Gasteiger partial charge on any atom is -0.396 e. The Bertz CT molecular complexity index is 775. The fraction of sp³-hybridized carbons (Fsp3) is 0.524. The normalized spacial score (nSPS) is 27.2. The van der Waals surface area contributed by atoms with Gasteiger partial charge in [-0.1, -0.05) is 30.3 Å². The summed E-state index contributed by atoms with van der Waals surface area (Å²) in [6, 6.07) is 10.8. The molecule has 4 rings (SSSR count). The Kier molecular flexibility index (Phi) is 4.84. The molecule has 0 aliphatic carbocycles. The van der Waals surface area contributed by atoms with Gasteiger partial charge >= 0.3 is 0 Å². The maximum absolute atomic E-state index is 13.0. The van der Waals surface area contributed by atoms with Gasteiger partial charge in [0, 0.05) is 29.3 Å². The van der Waals surface area contributed by atoms with Gasteiger partial charge in [0.15, 0.2) is 0 Å². The first-order chi connectivity index (χ1) is 12.6. The molecule has 2 aliphatic heterocycles. The Labute approximate surface area is 158 Å². The van der Waals surface area contributed by atoms with Gasteiger partial charge in [-0.2, -0.15) is 0 Å². The second-order valence-corrected chi connectivity index (χ2v) is 8.86. The van der Waals surface area contributed by atoms with Crippen molar-refractivity contribution in [1.29, 1.82) is 0 Å². The van der Waals surface area contributed by atoms with Crippen molar-refractivity contribution >= 4 is 17.2 Å². The summed E-state index contributed by atoms with van der Waals surface area (Å²) in [6.07, 6.45) is 5.08. The van der Waals surface area contributed by atoms with Crippen LogP contribution in [0.25, 0.3) is 0 Å². The largest absolute Gasteiger partial charge is 0.396 e. The second-order valence-electron chi connectivity index (χ2n) is 7.79. The van der Waals surface area contributed by atoms with E-state index in [9.17, 15) is 9.90 Å². The zero-order chi connectivity index (χ0) is 18.1. The van der Waals surface area contributed by atoms with Crippen LogP contribution in [0.15, 0.2) is 35.7 Å². The van der Waals surface area contributed by atoms with E-state index in [0.29, 0.717) is 18.9 Å². The fourth-order valence-electron chi connectivity index (χ4n) is 4.97. The lowest BCUT2D eigenvalue weighted by Crippen LogP contribution is -2.44. The number of fused-ring (bicyclic) bond motifs is 2. The van der Waals surface area contributed by atoms with Gasteiger partial charge in [0.25, 0.3) is 0 Å². The SMILES string of the molecule is Cc1nc(CCC(=O)N2[C@@H]3CC[C@H]2[C@](CO)(Cc2ccccc2)C3)cs1. The third-order valence-electron chi connectivity index (χ3n) is 6.11. The van der Waals surface area contributed by atoms with Gasteiger partial charge in [0.2, 0.25) is 5.91 Å². The number of thiazole rings is 1. The van der Waals surface area contributed by atoms with Crippen molar-refractivity contribution in [1.82, 2.24) is 9.88 Å². The maximum Gasteiger partial charge on any atom is 0.223 e. The molecule has 5 heteroatoms. The van der Waals surface area contributed by atoms with E-state index >= 15 is 0 Å². The minimum absolute atomic E-state index is 0.151. The first kappa shape index (κ1) is 17.7. The van der Waals surface area contributed by atoms with E-state index in [-0.39, 0.29) is 24.0 Å². The fourth-order valence-corrected chi connectivity index (χ4v) is 5.62. The molecule has 3 heterocycles. The molecule has 0 unspecified atom stereocenters. The van der Waals surface area contributed by atoms with E-state index in [1.165, 1.54) is 5.56 Å². The summed E-state index contributed by atoms with van der Waals surface area (Å²) in [4.78, 5) is 19.5. The molecular weight excluding hydrogens is 344 g/mol. The number of carbonyl (C=O) groups excluding carboxylic acids is 1. The van der Waals surface area contributed by atoms with Crippen molar-refractivity contribution < 1.29 is 9.90 Å². The molecule has 26 heavy (non-hydrogen) atoms. The standard InChI is InChI=1S/C21H26N2O2S/c1-15-22-17(13-26-15)7-10-20(25)23-18-8-9-19(23)21(12-18,14-24)11-16-5-3-2-4-6-16/h2-6,13,18-19,24H,7-12,14H2,1H3/t18-,19+,21-/m1/s1. The first-order valence-electron chi connectivity index (χ1n) is 9.48. The number of carbonyl (C=O) groups is 1. The molecule has 4 nitrogen and oxygen atoms in total. The summed E-state index contributed by atoms with van der Waals surface area (Å²) in [5.41, 5.74) is 2.08. The molecule has 3 atom stereocenters. The highest BCUT2D eigenvalue weighted by atomic mass is 32.1. The van der Waals surface area contributed by atoms with E-state index in [0.717, 1.165) is 36.4 Å². The molecule has 1 N–H and O–H groups in total. The van der Waals surface area contributed by atoms with Gasteiger partial charge in [-0.25, -0.2) is 4.98 Å². The molecule has 2 fully saturated rings. The summed E-state index contributed by atoms with van der Waals surface area (Å²) < 4.78 is 0. The monoisotopic (exact) mass is 370 g/mol. The van der Waals surface area contributed by atoms with Crippen molar-refractivity contribution in [2.45, 2.75) is 57.5 Å². The van der Waals surface area contributed by atoms with Crippen LogP contribution in [0.4, 0.5) is 0 Å². The third kappa shape index (κ3) is 3.19. The lowest BCUT2D eigenvalue weighted by molar-refractivity contribution is -0.133. The Hall–Kier alpha value is -1.72. The third-order valence-corrected chi connectivity index (χ3v) is 6.94. The molecule has 0 spiro atoms. The predicted octanol–water partition coefficient (Wildman–Crippen LogP) is 3.37. The second kappa shape index (κ2) is 7.12. The van der Waals surface area contributed by atoms with Crippen LogP contribution in [-0.2, 0) is 17.6 Å². The van der Waals surface area contributed by atoms with Crippen molar-refractivity contribution in [3.05, 3.63) is 52.0 Å². The zero-order valence-corrected chi connectivity index (χ0v) is 16.0. The number of aliphatic hydroxyl groups is 1. The highest BCUT2D eigenvalue weighted by Crippen LogP contribution is 2.51. The number of aromatic nitrogens is 1. The highest BCUT2D eigenvalue weighted by Gasteiger charge is 2.56. The number of aliphatic hydroxyl groups excluding tert-OH is 1. The number of amides is 1. The van der Waals surface area contributed by atoms with Gasteiger partial charge in [0.1, 0.15) is 0 Å². The molecule has 138 valence electrons. The summed E-state index contributed by atoms with van der Waals surface area (Å²) >= 11 is 1.64. The number of rotatable bonds is 6. The van der Waals surface area contributed by atoms with Gasteiger partial charge in [0.05, 0.1) is 17.3 Å². The van der Waals surface area contributed by atoms with Gasteiger partial charge in [-0.05, 0) is 44.6 Å². The molecule has 1 amide bonds. The molecule has 1 aromatic heterocycles. The van der Waals surface area contributed by atoms with Crippen molar-refractivity contribution in [3.63, 3.8) is 0 Å². The van der Waals surface area contributed by atoms with Crippen LogP contribution >= 0.6 is 11.3 Å². The average molecular weight is 371 g/mol. The highest BCUT2D eigenvalue weighted by molar-refractivity contribution is 7.09. The van der Waals surface area contributed by atoms with Gasteiger partial charge < -0.3 is 10.0 Å². The van der Waals surface area contributed by atoms with Crippen molar-refractivity contribution in [2.75, 3.05) is 6.61 Å². The van der Waals surface area contributed by atoms with Crippen LogP contribution < -0.4 is 0 Å². The molecule has 2 saturated heterocycles. The Morgan fingerprint density at radius 3 is 2.85 bits per heavy atom. The number of aryl methyl sites for hydroxylation is 2. The first-order valence-corrected chi connectivity index (χ1v) is 10.4. The number of nitrogens with zero attached hydrogens (tertiary/aromatic N) is 2. The predicted molar refractivity (Wildman–Crippen MR) is 103 cm³/mol. The van der Waals surface area contributed by atoms with Gasteiger partial charge in [-0.3, -0.25) is 4.79 Å². The minimum atomic E-state index is -0.183. The van der Waals surface area contributed by atoms with Crippen LogP contribution in [0, 0.1) is 12.3 Å². The molecule has 0 radical (unpaired) electrons. The molecule has 0 saturated carbocycles. The Morgan fingerprint density at radius 2 is 2.15 bits per heavy atom. The van der Waals surface area contributed by atoms with Crippen LogP contribution in [0.1, 0.15) is 41.9 Å². The van der Waals surface area contributed by atoms with E-state index in [4.69, 9.17) is 0 Å². The molecular formula is C21H26N2O2S. The average Bonchev–Trinajstić information content (AvgIpc) is 3.34. The quantitative estimate of drug-likeness (QED) is 0.848. The van der Waals surface area contributed by atoms with E-state index in [2.05, 4.69) is 27.4 Å². The summed E-state index contributed by atoms with van der Waals surface area (Å²) in [6.45, 7) is 2.15. The van der Waals surface area contributed by atoms with E-state index < -0.39 is 0 Å². The number of hydrogen-bond acceptors (Lipinski definition) is 4. The van der Waals surface area contributed by atoms with Crippen molar-refractivity contribution in [3.8, 4) is 0 Å². The Morgan fingerprint density at radius 1 is 1.35 bits per heavy atom.